The van der Waals surface area contributed by atoms with Gasteiger partial charge in [-0.15, -0.1) is 0 Å². The van der Waals surface area contributed by atoms with Crippen molar-refractivity contribution in [3.63, 3.8) is 0 Å². The van der Waals surface area contributed by atoms with E-state index in [2.05, 4.69) is 41.8 Å². The highest BCUT2D eigenvalue weighted by Gasteiger charge is 2.09. The summed E-state index contributed by atoms with van der Waals surface area (Å²) in [4.78, 5) is 7.96. The van der Waals surface area contributed by atoms with Crippen molar-refractivity contribution >= 4 is 31.9 Å². The van der Waals surface area contributed by atoms with Crippen LogP contribution in [0.25, 0.3) is 0 Å². The van der Waals surface area contributed by atoms with Gasteiger partial charge in [0.15, 0.2) is 0 Å². The van der Waals surface area contributed by atoms with E-state index in [9.17, 15) is 4.39 Å². The Morgan fingerprint density at radius 1 is 1.22 bits per heavy atom. The summed E-state index contributed by atoms with van der Waals surface area (Å²) in [6, 6.07) is 4.17. The van der Waals surface area contributed by atoms with Gasteiger partial charge in [0.25, 0.3) is 0 Å². The zero-order valence-electron chi connectivity index (χ0n) is 9.15. The quantitative estimate of drug-likeness (QED) is 0.812. The molecular formula is C11H7Br2FN2O2. The molecule has 0 aliphatic rings. The molecule has 94 valence electrons. The molecule has 2 rings (SSSR count). The lowest BCUT2D eigenvalue weighted by molar-refractivity contribution is 0.372. The molecule has 0 saturated heterocycles. The summed E-state index contributed by atoms with van der Waals surface area (Å²) in [5.41, 5.74) is 0. The molecule has 1 heterocycles. The number of nitrogens with zero attached hydrogens (tertiary/aromatic N) is 2. The molecule has 7 heteroatoms. The molecule has 1 aromatic carbocycles. The standard InChI is InChI=1S/C11H7Br2FN2O2/c1-17-10-8(13)5-15-11(16-10)18-9-4-6(14)2-3-7(9)12/h2-5H,1H3. The third-order valence-electron chi connectivity index (χ3n) is 1.98. The van der Waals surface area contributed by atoms with E-state index >= 15 is 0 Å². The van der Waals surface area contributed by atoms with Crippen molar-refractivity contribution in [3.8, 4) is 17.6 Å². The van der Waals surface area contributed by atoms with Crippen LogP contribution >= 0.6 is 31.9 Å². The Hall–Kier alpha value is -1.21. The molecule has 0 aliphatic heterocycles. The molecule has 0 aliphatic carbocycles. The molecule has 2 aromatic rings. The maximum absolute atomic E-state index is 13.1. The van der Waals surface area contributed by atoms with E-state index in [-0.39, 0.29) is 6.01 Å². The van der Waals surface area contributed by atoms with Gasteiger partial charge in [-0.3, -0.25) is 0 Å². The first-order valence-electron chi connectivity index (χ1n) is 4.79. The van der Waals surface area contributed by atoms with Crippen LogP contribution in [-0.2, 0) is 0 Å². The number of rotatable bonds is 3. The molecule has 0 bridgehead atoms. The van der Waals surface area contributed by atoms with Gasteiger partial charge in [-0.1, -0.05) is 0 Å². The monoisotopic (exact) mass is 376 g/mol. The number of aromatic nitrogens is 2. The van der Waals surface area contributed by atoms with Gasteiger partial charge in [0.05, 0.1) is 22.3 Å². The SMILES string of the molecule is COc1nc(Oc2cc(F)ccc2Br)ncc1Br. The molecular weight excluding hydrogens is 371 g/mol. The summed E-state index contributed by atoms with van der Waals surface area (Å²) in [6.07, 6.45) is 1.49. The van der Waals surface area contributed by atoms with E-state index in [1.807, 2.05) is 0 Å². The van der Waals surface area contributed by atoms with E-state index in [1.165, 1.54) is 25.4 Å². The van der Waals surface area contributed by atoms with Crippen LogP contribution in [0.5, 0.6) is 17.6 Å². The Balaban J connectivity index is 2.31. The zero-order valence-corrected chi connectivity index (χ0v) is 12.3. The molecule has 0 fully saturated rings. The van der Waals surface area contributed by atoms with Gasteiger partial charge in [-0.25, -0.2) is 9.37 Å². The van der Waals surface area contributed by atoms with Gasteiger partial charge in [-0.2, -0.15) is 4.98 Å². The highest BCUT2D eigenvalue weighted by Crippen LogP contribution is 2.30. The predicted molar refractivity (Wildman–Crippen MR) is 70.5 cm³/mol. The largest absolute Gasteiger partial charge is 0.480 e. The third-order valence-corrected chi connectivity index (χ3v) is 3.18. The normalized spacial score (nSPS) is 10.2. The van der Waals surface area contributed by atoms with Crippen molar-refractivity contribution in [2.24, 2.45) is 0 Å². The maximum Gasteiger partial charge on any atom is 0.325 e. The molecule has 1 aromatic heterocycles. The highest BCUT2D eigenvalue weighted by molar-refractivity contribution is 9.10. The smallest absolute Gasteiger partial charge is 0.325 e. The molecule has 0 N–H and O–H groups in total. The van der Waals surface area contributed by atoms with E-state index in [0.29, 0.717) is 20.6 Å². The summed E-state index contributed by atoms with van der Waals surface area (Å²) in [5.74, 6) is 0.226. The number of benzene rings is 1. The molecule has 4 nitrogen and oxygen atoms in total. The summed E-state index contributed by atoms with van der Waals surface area (Å²) >= 11 is 6.48. The number of methoxy groups -OCH3 is 1. The van der Waals surface area contributed by atoms with Crippen LogP contribution < -0.4 is 9.47 Å². The van der Waals surface area contributed by atoms with Gasteiger partial charge >= 0.3 is 6.01 Å². The molecule has 0 spiro atoms. The van der Waals surface area contributed by atoms with E-state index < -0.39 is 5.82 Å². The van der Waals surface area contributed by atoms with Crippen LogP contribution in [0.1, 0.15) is 0 Å². The summed E-state index contributed by atoms with van der Waals surface area (Å²) < 4.78 is 24.7. The first kappa shape index (κ1) is 13.2. The molecule has 0 amide bonds. The van der Waals surface area contributed by atoms with Crippen molar-refractivity contribution in [2.45, 2.75) is 0 Å². The van der Waals surface area contributed by atoms with Crippen LogP contribution in [0.4, 0.5) is 4.39 Å². The van der Waals surface area contributed by atoms with Crippen molar-refractivity contribution in [2.75, 3.05) is 7.11 Å². The first-order chi connectivity index (χ1) is 8.60. The van der Waals surface area contributed by atoms with Crippen LogP contribution in [0.15, 0.2) is 33.3 Å². The molecule has 0 saturated carbocycles. The van der Waals surface area contributed by atoms with Crippen LogP contribution in [0, 0.1) is 5.82 Å². The zero-order chi connectivity index (χ0) is 13.1. The van der Waals surface area contributed by atoms with Crippen LogP contribution in [0.2, 0.25) is 0 Å². The fourth-order valence-corrected chi connectivity index (χ4v) is 1.86. The molecule has 0 unspecified atom stereocenters. The van der Waals surface area contributed by atoms with E-state index in [1.54, 1.807) is 6.07 Å². The van der Waals surface area contributed by atoms with Gasteiger partial charge in [0.1, 0.15) is 11.6 Å². The van der Waals surface area contributed by atoms with Crippen molar-refractivity contribution in [1.29, 1.82) is 0 Å². The summed E-state index contributed by atoms with van der Waals surface area (Å²) in [5, 5.41) is 0. The fourth-order valence-electron chi connectivity index (χ4n) is 1.18. The highest BCUT2D eigenvalue weighted by atomic mass is 79.9. The minimum absolute atomic E-state index is 0.0707. The Kier molecular flexibility index (Phi) is 4.13. The van der Waals surface area contributed by atoms with Gasteiger partial charge in [-0.05, 0) is 44.0 Å². The molecule has 0 radical (unpaired) electrons. The number of ether oxygens (including phenoxy) is 2. The number of halogens is 3. The second-order valence-electron chi connectivity index (χ2n) is 3.19. The Morgan fingerprint density at radius 3 is 2.72 bits per heavy atom. The van der Waals surface area contributed by atoms with E-state index in [0.717, 1.165) is 0 Å². The third kappa shape index (κ3) is 2.97. The van der Waals surface area contributed by atoms with Crippen molar-refractivity contribution in [1.82, 2.24) is 9.97 Å². The second kappa shape index (κ2) is 5.62. The number of hydrogen-bond donors (Lipinski definition) is 0. The number of hydrogen-bond acceptors (Lipinski definition) is 4. The van der Waals surface area contributed by atoms with Gasteiger partial charge in [0, 0.05) is 6.07 Å². The lowest BCUT2D eigenvalue weighted by Gasteiger charge is -2.07. The fraction of sp³-hybridized carbons (Fsp3) is 0.0909. The average molecular weight is 378 g/mol. The van der Waals surface area contributed by atoms with Crippen molar-refractivity contribution < 1.29 is 13.9 Å². The maximum atomic E-state index is 13.1. The van der Waals surface area contributed by atoms with Crippen LogP contribution in [-0.4, -0.2) is 17.1 Å². The molecule has 0 atom stereocenters. The van der Waals surface area contributed by atoms with E-state index in [4.69, 9.17) is 9.47 Å². The Morgan fingerprint density at radius 2 is 2.00 bits per heavy atom. The minimum atomic E-state index is -0.405. The predicted octanol–water partition coefficient (Wildman–Crippen LogP) is 3.94. The van der Waals surface area contributed by atoms with Crippen molar-refractivity contribution in [3.05, 3.63) is 39.2 Å². The van der Waals surface area contributed by atoms with Crippen LogP contribution in [0.3, 0.4) is 0 Å². The molecule has 18 heavy (non-hydrogen) atoms. The topological polar surface area (TPSA) is 44.2 Å². The Bertz CT molecular complexity index is 581. The minimum Gasteiger partial charge on any atom is -0.480 e. The Labute approximate surface area is 119 Å². The summed E-state index contributed by atoms with van der Waals surface area (Å²) in [6.45, 7) is 0. The average Bonchev–Trinajstić information content (AvgIpc) is 2.36. The first-order valence-corrected chi connectivity index (χ1v) is 6.38. The lowest BCUT2D eigenvalue weighted by atomic mass is 10.3. The van der Waals surface area contributed by atoms with Gasteiger partial charge in [0.2, 0.25) is 5.88 Å². The lowest BCUT2D eigenvalue weighted by Crippen LogP contribution is -1.96. The second-order valence-corrected chi connectivity index (χ2v) is 4.90. The van der Waals surface area contributed by atoms with Gasteiger partial charge < -0.3 is 9.47 Å². The summed E-state index contributed by atoms with van der Waals surface area (Å²) in [7, 11) is 1.48.